The Morgan fingerprint density at radius 3 is 2.65 bits per heavy atom. The van der Waals surface area contributed by atoms with Crippen LogP contribution in [0.15, 0.2) is 24.3 Å². The zero-order valence-electron chi connectivity index (χ0n) is 8.61. The van der Waals surface area contributed by atoms with Crippen molar-refractivity contribution in [2.24, 2.45) is 0 Å². The molecule has 2 amide bonds. The first kappa shape index (κ1) is 12.9. The minimum Gasteiger partial charge on any atom is -0.478 e. The Balaban J connectivity index is 2.59. The fraction of sp³-hybridized carbons (Fsp3) is 0.200. The van der Waals surface area contributed by atoms with E-state index in [-0.39, 0.29) is 11.3 Å². The summed E-state index contributed by atoms with van der Waals surface area (Å²) < 4.78 is 23.6. The number of carbonyl (C=O) groups is 2. The third-order valence-corrected chi connectivity index (χ3v) is 1.78. The van der Waals surface area contributed by atoms with E-state index < -0.39 is 25.0 Å². The van der Waals surface area contributed by atoms with Crippen molar-refractivity contribution in [1.29, 1.82) is 0 Å². The predicted molar refractivity (Wildman–Crippen MR) is 56.4 cm³/mol. The van der Waals surface area contributed by atoms with Crippen LogP contribution in [0.1, 0.15) is 10.4 Å². The monoisotopic (exact) mass is 244 g/mol. The molecule has 0 bridgehead atoms. The SMILES string of the molecule is O=C(NCC(F)F)Nc1cccc(C(=O)O)c1. The summed E-state index contributed by atoms with van der Waals surface area (Å²) >= 11 is 0. The van der Waals surface area contributed by atoms with E-state index in [9.17, 15) is 18.4 Å². The maximum absolute atomic E-state index is 11.8. The maximum atomic E-state index is 11.8. The van der Waals surface area contributed by atoms with Gasteiger partial charge < -0.3 is 15.7 Å². The smallest absolute Gasteiger partial charge is 0.335 e. The number of halogens is 2. The van der Waals surface area contributed by atoms with Crippen molar-refractivity contribution >= 4 is 17.7 Å². The molecule has 1 aromatic rings. The molecule has 0 unspecified atom stereocenters. The van der Waals surface area contributed by atoms with E-state index in [1.165, 1.54) is 24.3 Å². The fourth-order valence-corrected chi connectivity index (χ4v) is 1.08. The van der Waals surface area contributed by atoms with E-state index in [1.807, 2.05) is 5.32 Å². The largest absolute Gasteiger partial charge is 0.478 e. The average Bonchev–Trinajstić information content (AvgIpc) is 2.26. The van der Waals surface area contributed by atoms with Crippen molar-refractivity contribution in [3.63, 3.8) is 0 Å². The van der Waals surface area contributed by atoms with Gasteiger partial charge in [-0.15, -0.1) is 0 Å². The summed E-state index contributed by atoms with van der Waals surface area (Å²) in [4.78, 5) is 21.7. The second kappa shape index (κ2) is 5.78. The van der Waals surface area contributed by atoms with Gasteiger partial charge in [0, 0.05) is 5.69 Å². The lowest BCUT2D eigenvalue weighted by Crippen LogP contribution is -2.32. The van der Waals surface area contributed by atoms with Crippen molar-refractivity contribution in [2.45, 2.75) is 6.43 Å². The van der Waals surface area contributed by atoms with Gasteiger partial charge in [-0.1, -0.05) is 6.07 Å². The first-order valence-corrected chi connectivity index (χ1v) is 4.65. The summed E-state index contributed by atoms with van der Waals surface area (Å²) in [5, 5.41) is 12.9. The van der Waals surface area contributed by atoms with Crippen LogP contribution < -0.4 is 10.6 Å². The molecule has 17 heavy (non-hydrogen) atoms. The second-order valence-corrected chi connectivity index (χ2v) is 3.11. The van der Waals surface area contributed by atoms with Gasteiger partial charge in [0.2, 0.25) is 0 Å². The Bertz CT molecular complexity index is 424. The summed E-state index contributed by atoms with van der Waals surface area (Å²) in [5.74, 6) is -1.14. The van der Waals surface area contributed by atoms with Crippen LogP contribution in [0.25, 0.3) is 0 Å². The number of alkyl halides is 2. The van der Waals surface area contributed by atoms with E-state index in [2.05, 4.69) is 5.32 Å². The number of anilines is 1. The number of carboxylic acid groups (broad SMARTS) is 1. The summed E-state index contributed by atoms with van der Waals surface area (Å²) in [6, 6.07) is 4.66. The molecule has 5 nitrogen and oxygen atoms in total. The number of urea groups is 1. The third-order valence-electron chi connectivity index (χ3n) is 1.78. The van der Waals surface area contributed by atoms with Gasteiger partial charge in [-0.05, 0) is 18.2 Å². The highest BCUT2D eigenvalue weighted by atomic mass is 19.3. The molecule has 0 aliphatic heterocycles. The van der Waals surface area contributed by atoms with Crippen LogP contribution in [0.3, 0.4) is 0 Å². The van der Waals surface area contributed by atoms with Crippen molar-refractivity contribution in [1.82, 2.24) is 5.32 Å². The molecule has 0 radical (unpaired) electrons. The molecule has 3 N–H and O–H groups in total. The zero-order valence-corrected chi connectivity index (χ0v) is 8.61. The minimum absolute atomic E-state index is 0.00309. The number of hydrogen-bond donors (Lipinski definition) is 3. The molecule has 1 aromatic carbocycles. The first-order chi connectivity index (χ1) is 7.99. The molecule has 0 heterocycles. The molecule has 0 aliphatic carbocycles. The maximum Gasteiger partial charge on any atom is 0.335 e. The van der Waals surface area contributed by atoms with Gasteiger partial charge in [-0.2, -0.15) is 0 Å². The number of aromatic carboxylic acids is 1. The molecule has 0 saturated carbocycles. The number of carboxylic acids is 1. The Morgan fingerprint density at radius 2 is 2.06 bits per heavy atom. The van der Waals surface area contributed by atoms with Crippen LogP contribution in [0, 0.1) is 0 Å². The van der Waals surface area contributed by atoms with E-state index in [0.717, 1.165) is 0 Å². The van der Waals surface area contributed by atoms with Gasteiger partial charge in [-0.3, -0.25) is 0 Å². The van der Waals surface area contributed by atoms with Crippen LogP contribution in [0.4, 0.5) is 19.3 Å². The molecule has 0 saturated heterocycles. The van der Waals surface area contributed by atoms with E-state index in [1.54, 1.807) is 0 Å². The van der Waals surface area contributed by atoms with Gasteiger partial charge in [-0.25, -0.2) is 18.4 Å². The lowest BCUT2D eigenvalue weighted by atomic mass is 10.2. The lowest BCUT2D eigenvalue weighted by molar-refractivity contribution is 0.0697. The van der Waals surface area contributed by atoms with Crippen LogP contribution in [-0.2, 0) is 0 Å². The van der Waals surface area contributed by atoms with Crippen molar-refractivity contribution in [3.8, 4) is 0 Å². The summed E-state index contributed by atoms with van der Waals surface area (Å²) in [7, 11) is 0. The highest BCUT2D eigenvalue weighted by Gasteiger charge is 2.08. The molecule has 0 fully saturated rings. The van der Waals surface area contributed by atoms with E-state index in [0.29, 0.717) is 0 Å². The fourth-order valence-electron chi connectivity index (χ4n) is 1.08. The number of nitrogens with one attached hydrogen (secondary N) is 2. The van der Waals surface area contributed by atoms with Gasteiger partial charge in [0.1, 0.15) is 0 Å². The summed E-state index contributed by atoms with van der Waals surface area (Å²) in [6.07, 6.45) is -2.63. The molecule has 92 valence electrons. The molecule has 1 rings (SSSR count). The normalized spacial score (nSPS) is 10.1. The van der Waals surface area contributed by atoms with Gasteiger partial charge >= 0.3 is 12.0 Å². The molecule has 0 aliphatic rings. The van der Waals surface area contributed by atoms with Crippen LogP contribution in [-0.4, -0.2) is 30.1 Å². The number of rotatable bonds is 4. The number of hydrogen-bond acceptors (Lipinski definition) is 2. The quantitative estimate of drug-likeness (QED) is 0.755. The number of amides is 2. The Hall–Kier alpha value is -2.18. The highest BCUT2D eigenvalue weighted by molar-refractivity contribution is 5.93. The summed E-state index contributed by atoms with van der Waals surface area (Å²) in [5.41, 5.74) is 0.216. The number of carbonyl (C=O) groups excluding carboxylic acids is 1. The van der Waals surface area contributed by atoms with Crippen molar-refractivity contribution in [3.05, 3.63) is 29.8 Å². The molecular formula is C10H10F2N2O3. The van der Waals surface area contributed by atoms with Crippen LogP contribution in [0.2, 0.25) is 0 Å². The van der Waals surface area contributed by atoms with Crippen LogP contribution >= 0.6 is 0 Å². The van der Waals surface area contributed by atoms with E-state index in [4.69, 9.17) is 5.11 Å². The number of benzene rings is 1. The molecule has 0 spiro atoms. The van der Waals surface area contributed by atoms with Crippen molar-refractivity contribution in [2.75, 3.05) is 11.9 Å². The van der Waals surface area contributed by atoms with Crippen LogP contribution in [0.5, 0.6) is 0 Å². The Labute approximate surface area is 95.4 Å². The highest BCUT2D eigenvalue weighted by Crippen LogP contribution is 2.10. The average molecular weight is 244 g/mol. The van der Waals surface area contributed by atoms with Gasteiger partial charge in [0.15, 0.2) is 0 Å². The third kappa shape index (κ3) is 4.45. The zero-order chi connectivity index (χ0) is 12.8. The van der Waals surface area contributed by atoms with Gasteiger partial charge in [0.05, 0.1) is 12.1 Å². The lowest BCUT2D eigenvalue weighted by Gasteiger charge is -2.07. The van der Waals surface area contributed by atoms with Gasteiger partial charge in [0.25, 0.3) is 6.43 Å². The Morgan fingerprint density at radius 1 is 1.35 bits per heavy atom. The summed E-state index contributed by atoms with van der Waals surface area (Å²) in [6.45, 7) is -0.759. The molecule has 7 heteroatoms. The Kier molecular flexibility index (Phi) is 4.38. The molecule has 0 atom stereocenters. The standard InChI is InChI=1S/C10H10F2N2O3/c11-8(12)5-13-10(17)14-7-3-1-2-6(4-7)9(15)16/h1-4,8H,5H2,(H,15,16)(H2,13,14,17). The van der Waals surface area contributed by atoms with E-state index >= 15 is 0 Å². The van der Waals surface area contributed by atoms with Crippen molar-refractivity contribution < 1.29 is 23.5 Å². The first-order valence-electron chi connectivity index (χ1n) is 4.65. The minimum atomic E-state index is -2.63. The molecule has 0 aromatic heterocycles. The molecular weight excluding hydrogens is 234 g/mol. The topological polar surface area (TPSA) is 78.4 Å². The predicted octanol–water partition coefficient (Wildman–Crippen LogP) is 1.77. The second-order valence-electron chi connectivity index (χ2n) is 3.11.